The molecule has 0 atom stereocenters. The van der Waals surface area contributed by atoms with Crippen molar-refractivity contribution in [1.82, 2.24) is 0 Å². The van der Waals surface area contributed by atoms with Crippen LogP contribution < -0.4 is 23.7 Å². The Kier molecular flexibility index (Phi) is 6.54. The molecule has 2 aromatic rings. The molecule has 0 aromatic heterocycles. The van der Waals surface area contributed by atoms with E-state index in [-0.39, 0.29) is 28.6 Å². The number of carbonyl (C=O) groups excluding carboxylic acids is 1. The van der Waals surface area contributed by atoms with Gasteiger partial charge in [-0.2, -0.15) is 0 Å². The topological polar surface area (TPSA) is 83.5 Å². The molecular formula is C20H22O7. The lowest BCUT2D eigenvalue weighted by Gasteiger charge is -2.15. The molecule has 0 heterocycles. The second kappa shape index (κ2) is 8.84. The lowest BCUT2D eigenvalue weighted by atomic mass is 10.1. The van der Waals surface area contributed by atoms with E-state index in [0.29, 0.717) is 17.1 Å². The monoisotopic (exact) mass is 374 g/mol. The first-order chi connectivity index (χ1) is 13.0. The first-order valence-corrected chi connectivity index (χ1v) is 7.97. The van der Waals surface area contributed by atoms with Gasteiger partial charge >= 0.3 is 0 Å². The zero-order valence-corrected chi connectivity index (χ0v) is 15.9. The summed E-state index contributed by atoms with van der Waals surface area (Å²) in [6.45, 7) is 0. The van der Waals surface area contributed by atoms with Gasteiger partial charge in [0.15, 0.2) is 17.3 Å². The van der Waals surface area contributed by atoms with Crippen molar-refractivity contribution in [2.45, 2.75) is 0 Å². The molecule has 2 rings (SSSR count). The predicted molar refractivity (Wildman–Crippen MR) is 101 cm³/mol. The van der Waals surface area contributed by atoms with Crippen molar-refractivity contribution < 1.29 is 33.6 Å². The van der Waals surface area contributed by atoms with Crippen molar-refractivity contribution in [1.29, 1.82) is 0 Å². The SMILES string of the molecule is COc1ccc(OC)c(/C=C/C(=O)c2cc(OC)c(OC)c(OC)c2O)c1. The highest BCUT2D eigenvalue weighted by Crippen LogP contribution is 2.46. The molecule has 0 unspecified atom stereocenters. The van der Waals surface area contributed by atoms with Crippen molar-refractivity contribution in [2.75, 3.05) is 35.5 Å². The summed E-state index contributed by atoms with van der Waals surface area (Å²) in [7, 11) is 7.29. The van der Waals surface area contributed by atoms with Gasteiger partial charge in [-0.15, -0.1) is 0 Å². The number of carbonyl (C=O) groups is 1. The minimum absolute atomic E-state index is 0.0163. The van der Waals surface area contributed by atoms with Crippen LogP contribution in [0, 0.1) is 0 Å². The quantitative estimate of drug-likeness (QED) is 0.560. The fourth-order valence-corrected chi connectivity index (χ4v) is 2.55. The highest BCUT2D eigenvalue weighted by atomic mass is 16.5. The van der Waals surface area contributed by atoms with E-state index in [1.54, 1.807) is 31.4 Å². The van der Waals surface area contributed by atoms with Crippen LogP contribution in [-0.4, -0.2) is 46.4 Å². The first kappa shape index (κ1) is 20.0. The molecule has 0 saturated heterocycles. The molecule has 0 amide bonds. The summed E-state index contributed by atoms with van der Waals surface area (Å²) in [4.78, 5) is 12.7. The highest BCUT2D eigenvalue weighted by molar-refractivity contribution is 6.09. The average Bonchev–Trinajstić information content (AvgIpc) is 2.70. The number of aromatic hydroxyl groups is 1. The van der Waals surface area contributed by atoms with Crippen LogP contribution in [0.1, 0.15) is 15.9 Å². The largest absolute Gasteiger partial charge is 0.504 e. The van der Waals surface area contributed by atoms with Gasteiger partial charge in [-0.05, 0) is 36.4 Å². The minimum Gasteiger partial charge on any atom is -0.504 e. The number of ether oxygens (including phenoxy) is 5. The minimum atomic E-state index is -0.448. The van der Waals surface area contributed by atoms with Crippen molar-refractivity contribution in [3.8, 4) is 34.5 Å². The number of hydrogen-bond acceptors (Lipinski definition) is 7. The number of phenolic OH excluding ortho intramolecular Hbond substituents is 1. The highest BCUT2D eigenvalue weighted by Gasteiger charge is 2.23. The molecule has 27 heavy (non-hydrogen) atoms. The molecule has 0 fully saturated rings. The van der Waals surface area contributed by atoms with Crippen LogP contribution in [0.4, 0.5) is 0 Å². The summed E-state index contributed by atoms with van der Waals surface area (Å²) < 4.78 is 26.1. The van der Waals surface area contributed by atoms with E-state index in [1.807, 2.05) is 0 Å². The number of phenols is 1. The van der Waals surface area contributed by atoms with E-state index in [4.69, 9.17) is 23.7 Å². The van der Waals surface area contributed by atoms with E-state index < -0.39 is 5.78 Å². The number of ketones is 1. The lowest BCUT2D eigenvalue weighted by Crippen LogP contribution is -2.02. The summed E-state index contributed by atoms with van der Waals surface area (Å²) in [6.07, 6.45) is 2.89. The lowest BCUT2D eigenvalue weighted by molar-refractivity contribution is 0.104. The Bertz CT molecular complexity index is 856. The van der Waals surface area contributed by atoms with Crippen molar-refractivity contribution in [3.05, 3.63) is 41.5 Å². The molecule has 0 aliphatic rings. The maximum absolute atomic E-state index is 12.7. The van der Waals surface area contributed by atoms with Gasteiger partial charge in [0.05, 0.1) is 41.1 Å². The fraction of sp³-hybridized carbons (Fsp3) is 0.250. The Hall–Kier alpha value is -3.35. The maximum Gasteiger partial charge on any atom is 0.207 e. The van der Waals surface area contributed by atoms with Gasteiger partial charge in [0, 0.05) is 5.56 Å². The van der Waals surface area contributed by atoms with Gasteiger partial charge in [-0.25, -0.2) is 0 Å². The van der Waals surface area contributed by atoms with Crippen LogP contribution in [0.25, 0.3) is 6.08 Å². The summed E-state index contributed by atoms with van der Waals surface area (Å²) in [5, 5.41) is 10.4. The third-order valence-electron chi connectivity index (χ3n) is 3.92. The van der Waals surface area contributed by atoms with Crippen molar-refractivity contribution >= 4 is 11.9 Å². The Morgan fingerprint density at radius 3 is 2.07 bits per heavy atom. The molecule has 2 aromatic carbocycles. The van der Waals surface area contributed by atoms with Crippen LogP contribution in [0.3, 0.4) is 0 Å². The Labute approximate surface area is 157 Å². The van der Waals surface area contributed by atoms with Gasteiger partial charge < -0.3 is 28.8 Å². The Morgan fingerprint density at radius 2 is 1.52 bits per heavy atom. The summed E-state index contributed by atoms with van der Waals surface area (Å²) in [5.41, 5.74) is 0.666. The normalized spacial score (nSPS) is 10.6. The van der Waals surface area contributed by atoms with Crippen LogP contribution in [0.2, 0.25) is 0 Å². The van der Waals surface area contributed by atoms with Gasteiger partial charge in [0.1, 0.15) is 11.5 Å². The van der Waals surface area contributed by atoms with E-state index in [9.17, 15) is 9.90 Å². The van der Waals surface area contributed by atoms with E-state index in [2.05, 4.69) is 0 Å². The second-order valence-electron chi connectivity index (χ2n) is 5.35. The molecule has 0 radical (unpaired) electrons. The molecule has 7 heteroatoms. The Morgan fingerprint density at radius 1 is 0.852 bits per heavy atom. The van der Waals surface area contributed by atoms with E-state index >= 15 is 0 Å². The summed E-state index contributed by atoms with van der Waals surface area (Å²) in [6, 6.07) is 6.62. The standard InChI is InChI=1S/C20H22O7/c1-23-13-7-9-16(24-2)12(10-13)6-8-15(21)14-11-17(25-3)19(26-4)20(27-5)18(14)22/h6-11,22H,1-5H3/b8-6+. The van der Waals surface area contributed by atoms with Gasteiger partial charge in [0.25, 0.3) is 0 Å². The number of allylic oxidation sites excluding steroid dienone is 1. The maximum atomic E-state index is 12.7. The summed E-state index contributed by atoms with van der Waals surface area (Å²) in [5.74, 6) is 0.912. The van der Waals surface area contributed by atoms with Crippen molar-refractivity contribution in [2.24, 2.45) is 0 Å². The van der Waals surface area contributed by atoms with Gasteiger partial charge in [0.2, 0.25) is 11.5 Å². The zero-order valence-electron chi connectivity index (χ0n) is 15.9. The van der Waals surface area contributed by atoms with Crippen molar-refractivity contribution in [3.63, 3.8) is 0 Å². The molecule has 0 saturated carbocycles. The van der Waals surface area contributed by atoms with Crippen LogP contribution in [-0.2, 0) is 0 Å². The predicted octanol–water partition coefficient (Wildman–Crippen LogP) is 3.33. The van der Waals surface area contributed by atoms with E-state index in [1.165, 1.54) is 40.6 Å². The third kappa shape index (κ3) is 4.08. The molecule has 0 aliphatic heterocycles. The molecular weight excluding hydrogens is 352 g/mol. The second-order valence-corrected chi connectivity index (χ2v) is 5.35. The summed E-state index contributed by atoms with van der Waals surface area (Å²) >= 11 is 0. The number of methoxy groups -OCH3 is 5. The molecule has 7 nitrogen and oxygen atoms in total. The van der Waals surface area contributed by atoms with Crippen LogP contribution in [0.15, 0.2) is 30.3 Å². The number of benzene rings is 2. The van der Waals surface area contributed by atoms with Crippen LogP contribution >= 0.6 is 0 Å². The third-order valence-corrected chi connectivity index (χ3v) is 3.92. The van der Waals surface area contributed by atoms with Gasteiger partial charge in [-0.1, -0.05) is 0 Å². The molecule has 144 valence electrons. The fourth-order valence-electron chi connectivity index (χ4n) is 2.55. The van der Waals surface area contributed by atoms with Gasteiger partial charge in [-0.3, -0.25) is 4.79 Å². The zero-order chi connectivity index (χ0) is 20.0. The number of rotatable bonds is 8. The van der Waals surface area contributed by atoms with E-state index in [0.717, 1.165) is 0 Å². The molecule has 0 spiro atoms. The average molecular weight is 374 g/mol. The number of hydrogen-bond donors (Lipinski definition) is 1. The Balaban J connectivity index is 2.46. The van der Waals surface area contributed by atoms with Crippen LogP contribution in [0.5, 0.6) is 34.5 Å². The molecule has 1 N–H and O–H groups in total. The smallest absolute Gasteiger partial charge is 0.207 e. The first-order valence-electron chi connectivity index (χ1n) is 7.97. The molecule has 0 bridgehead atoms. The molecule has 0 aliphatic carbocycles.